The minimum Gasteiger partial charge on any atom is -0.386 e. The number of rotatable bonds is 4. The Hall–Kier alpha value is -2.24. The average molecular weight is 426 g/mol. The van der Waals surface area contributed by atoms with Gasteiger partial charge in [0.1, 0.15) is 5.69 Å². The Morgan fingerprint density at radius 2 is 1.48 bits per heavy atom. The van der Waals surface area contributed by atoms with Gasteiger partial charge in [-0.2, -0.15) is 26.3 Å². The van der Waals surface area contributed by atoms with E-state index < -0.39 is 58.4 Å². The highest BCUT2D eigenvalue weighted by atomic mass is 19.4. The molecule has 160 valence electrons. The van der Waals surface area contributed by atoms with E-state index in [4.69, 9.17) is 5.73 Å². The summed E-state index contributed by atoms with van der Waals surface area (Å²) in [5.41, 5.74) is -4.44. The molecule has 4 N–H and O–H groups in total. The van der Waals surface area contributed by atoms with Crippen LogP contribution in [0.25, 0.3) is 11.3 Å². The summed E-state index contributed by atoms with van der Waals surface area (Å²) in [7, 11) is 0. The third-order valence-corrected chi connectivity index (χ3v) is 4.29. The highest BCUT2D eigenvalue weighted by Crippen LogP contribution is 2.41. The highest BCUT2D eigenvalue weighted by molar-refractivity contribution is 5.62. The van der Waals surface area contributed by atoms with Gasteiger partial charge in [-0.25, -0.2) is 9.37 Å². The molecule has 1 heterocycles. The lowest BCUT2D eigenvalue weighted by atomic mass is 9.90. The van der Waals surface area contributed by atoms with E-state index >= 15 is 0 Å². The SMILES string of the molecule is CC(C)(O)c1cc([C@@](O)(CN)C(F)(F)F)nc(-c2ccc(C(F)(F)F)cc2)c1F. The second-order valence-electron chi connectivity index (χ2n) is 6.91. The molecule has 2 rings (SSSR count). The first-order valence-corrected chi connectivity index (χ1v) is 8.13. The van der Waals surface area contributed by atoms with Gasteiger partial charge < -0.3 is 15.9 Å². The van der Waals surface area contributed by atoms with E-state index in [2.05, 4.69) is 4.98 Å². The van der Waals surface area contributed by atoms with E-state index in [-0.39, 0.29) is 5.56 Å². The molecule has 0 spiro atoms. The van der Waals surface area contributed by atoms with Gasteiger partial charge in [-0.05, 0) is 32.0 Å². The molecule has 0 aliphatic rings. The lowest BCUT2D eigenvalue weighted by molar-refractivity contribution is -0.263. The van der Waals surface area contributed by atoms with Gasteiger partial charge >= 0.3 is 12.4 Å². The molecule has 0 amide bonds. The van der Waals surface area contributed by atoms with Crippen molar-refractivity contribution in [3.8, 4) is 11.3 Å². The Kier molecular flexibility index (Phi) is 5.74. The molecule has 1 aromatic carbocycles. The van der Waals surface area contributed by atoms with Crippen molar-refractivity contribution in [3.63, 3.8) is 0 Å². The number of aliphatic hydroxyl groups is 2. The lowest BCUT2D eigenvalue weighted by Crippen LogP contribution is -2.49. The number of benzene rings is 1. The molecule has 0 saturated carbocycles. The fraction of sp³-hybridized carbons (Fsp3) is 0.389. The first kappa shape index (κ1) is 23.0. The topological polar surface area (TPSA) is 79.4 Å². The molecule has 1 atom stereocenters. The van der Waals surface area contributed by atoms with Crippen LogP contribution in [0.15, 0.2) is 30.3 Å². The predicted molar refractivity (Wildman–Crippen MR) is 88.9 cm³/mol. The fourth-order valence-corrected chi connectivity index (χ4v) is 2.56. The van der Waals surface area contributed by atoms with E-state index in [1.54, 1.807) is 0 Å². The number of pyridine rings is 1. The van der Waals surface area contributed by atoms with Gasteiger partial charge in [0.15, 0.2) is 5.82 Å². The third kappa shape index (κ3) is 4.36. The molecule has 0 bridgehead atoms. The normalized spacial score (nSPS) is 15.3. The standard InChI is InChI=1S/C18H17F7N2O2/c1-15(2,28)11-7-12(16(29,8-26)18(23,24)25)27-14(13(11)19)9-3-5-10(6-4-9)17(20,21)22/h3-7,28-29H,8,26H2,1-2H3/t16-/m0/s1. The number of nitrogens with two attached hydrogens (primary N) is 1. The van der Waals surface area contributed by atoms with Crippen molar-refractivity contribution in [2.45, 2.75) is 37.4 Å². The van der Waals surface area contributed by atoms with E-state index in [9.17, 15) is 40.9 Å². The maximum Gasteiger partial charge on any atom is 0.424 e. The highest BCUT2D eigenvalue weighted by Gasteiger charge is 2.55. The van der Waals surface area contributed by atoms with Crippen LogP contribution >= 0.6 is 0 Å². The summed E-state index contributed by atoms with van der Waals surface area (Å²) in [4.78, 5) is 3.50. The van der Waals surface area contributed by atoms with Gasteiger partial charge in [-0.15, -0.1) is 0 Å². The number of alkyl halides is 6. The maximum atomic E-state index is 14.9. The largest absolute Gasteiger partial charge is 0.424 e. The second-order valence-corrected chi connectivity index (χ2v) is 6.91. The van der Waals surface area contributed by atoms with Crippen LogP contribution in [0.2, 0.25) is 0 Å². The molecule has 2 aromatic rings. The van der Waals surface area contributed by atoms with Crippen LogP contribution in [-0.4, -0.2) is 27.9 Å². The van der Waals surface area contributed by atoms with Crippen molar-refractivity contribution >= 4 is 0 Å². The van der Waals surface area contributed by atoms with Crippen LogP contribution in [0.1, 0.15) is 30.7 Å². The first-order valence-electron chi connectivity index (χ1n) is 8.13. The molecule has 0 aliphatic heterocycles. The Labute approximate surface area is 160 Å². The van der Waals surface area contributed by atoms with E-state index in [0.29, 0.717) is 18.2 Å². The van der Waals surface area contributed by atoms with Crippen molar-refractivity contribution in [1.29, 1.82) is 0 Å². The summed E-state index contributed by atoms with van der Waals surface area (Å²) >= 11 is 0. The number of aromatic nitrogens is 1. The zero-order valence-corrected chi connectivity index (χ0v) is 15.2. The molecule has 0 radical (unpaired) electrons. The summed E-state index contributed by atoms with van der Waals surface area (Å²) in [6, 6.07) is 3.38. The molecular formula is C18H17F7N2O2. The fourth-order valence-electron chi connectivity index (χ4n) is 2.56. The smallest absolute Gasteiger partial charge is 0.386 e. The van der Waals surface area contributed by atoms with Crippen LogP contribution in [0.5, 0.6) is 0 Å². The van der Waals surface area contributed by atoms with Crippen molar-refractivity contribution in [2.24, 2.45) is 5.73 Å². The number of nitrogens with zero attached hydrogens (tertiary/aromatic N) is 1. The summed E-state index contributed by atoms with van der Waals surface area (Å²) in [6.45, 7) is 0.814. The Morgan fingerprint density at radius 1 is 0.966 bits per heavy atom. The van der Waals surface area contributed by atoms with Crippen LogP contribution in [-0.2, 0) is 17.4 Å². The van der Waals surface area contributed by atoms with Gasteiger partial charge in [-0.1, -0.05) is 12.1 Å². The lowest BCUT2D eigenvalue weighted by Gasteiger charge is -2.30. The summed E-state index contributed by atoms with van der Waals surface area (Å²) in [5, 5.41) is 20.2. The molecule has 11 heteroatoms. The van der Waals surface area contributed by atoms with Crippen LogP contribution in [0.4, 0.5) is 30.7 Å². The van der Waals surface area contributed by atoms with Gasteiger partial charge in [0.2, 0.25) is 5.60 Å². The number of hydrogen-bond donors (Lipinski definition) is 3. The van der Waals surface area contributed by atoms with E-state index in [1.807, 2.05) is 0 Å². The zero-order valence-electron chi connectivity index (χ0n) is 15.2. The summed E-state index contributed by atoms with van der Waals surface area (Å²) in [6.07, 6.45) is -9.97. The molecule has 4 nitrogen and oxygen atoms in total. The molecule has 0 saturated heterocycles. The van der Waals surface area contributed by atoms with Gasteiger partial charge in [0.25, 0.3) is 0 Å². The molecule has 0 aliphatic carbocycles. The van der Waals surface area contributed by atoms with Crippen LogP contribution in [0.3, 0.4) is 0 Å². The Balaban J connectivity index is 2.79. The Bertz CT molecular complexity index is 887. The van der Waals surface area contributed by atoms with Crippen molar-refractivity contribution in [2.75, 3.05) is 6.54 Å². The molecule has 29 heavy (non-hydrogen) atoms. The van der Waals surface area contributed by atoms with Crippen molar-refractivity contribution in [3.05, 3.63) is 53.0 Å². The van der Waals surface area contributed by atoms with E-state index in [0.717, 1.165) is 26.0 Å². The summed E-state index contributed by atoms with van der Waals surface area (Å²) < 4.78 is 93.3. The van der Waals surface area contributed by atoms with Gasteiger partial charge in [0, 0.05) is 17.7 Å². The monoisotopic (exact) mass is 426 g/mol. The minimum atomic E-state index is -5.29. The quantitative estimate of drug-likeness (QED) is 0.650. The Morgan fingerprint density at radius 3 is 1.86 bits per heavy atom. The van der Waals surface area contributed by atoms with E-state index in [1.165, 1.54) is 0 Å². The first-order chi connectivity index (χ1) is 13.0. The number of hydrogen-bond acceptors (Lipinski definition) is 4. The predicted octanol–water partition coefficient (Wildman–Crippen LogP) is 3.84. The van der Waals surface area contributed by atoms with Gasteiger partial charge in [0.05, 0.1) is 16.9 Å². The zero-order chi connectivity index (χ0) is 22.4. The van der Waals surface area contributed by atoms with Gasteiger partial charge in [-0.3, -0.25) is 0 Å². The minimum absolute atomic E-state index is 0.288. The molecule has 1 aromatic heterocycles. The summed E-state index contributed by atoms with van der Waals surface area (Å²) in [5.74, 6) is -1.25. The maximum absolute atomic E-state index is 14.9. The van der Waals surface area contributed by atoms with Crippen molar-refractivity contribution in [1.82, 2.24) is 4.98 Å². The second kappa shape index (κ2) is 7.22. The average Bonchev–Trinajstić information content (AvgIpc) is 2.58. The molecule has 0 fully saturated rings. The molecular weight excluding hydrogens is 409 g/mol. The molecule has 0 unspecified atom stereocenters. The third-order valence-electron chi connectivity index (χ3n) is 4.29. The van der Waals surface area contributed by atoms with Crippen LogP contribution < -0.4 is 5.73 Å². The van der Waals surface area contributed by atoms with Crippen molar-refractivity contribution < 1.29 is 40.9 Å². The van der Waals surface area contributed by atoms with Crippen LogP contribution in [0, 0.1) is 5.82 Å². The number of halogens is 7.